The van der Waals surface area contributed by atoms with E-state index in [-0.39, 0.29) is 17.9 Å². The van der Waals surface area contributed by atoms with Gasteiger partial charge in [-0.1, -0.05) is 29.8 Å². The van der Waals surface area contributed by atoms with E-state index in [1.807, 2.05) is 19.1 Å². The van der Waals surface area contributed by atoms with Crippen molar-refractivity contribution in [2.45, 2.75) is 26.3 Å². The Morgan fingerprint density at radius 2 is 1.71 bits per heavy atom. The van der Waals surface area contributed by atoms with Gasteiger partial charge in [0.1, 0.15) is 0 Å². The van der Waals surface area contributed by atoms with E-state index in [0.29, 0.717) is 55.2 Å². The molecule has 2 heterocycles. The van der Waals surface area contributed by atoms with Crippen LogP contribution in [0.3, 0.4) is 0 Å². The van der Waals surface area contributed by atoms with Crippen molar-refractivity contribution in [3.05, 3.63) is 89.2 Å². The fraction of sp³-hybridized carbons (Fsp3) is 0.300. The number of hydrogen-bond acceptors (Lipinski definition) is 6. The van der Waals surface area contributed by atoms with Crippen LogP contribution in [0.25, 0.3) is 0 Å². The second-order valence-electron chi connectivity index (χ2n) is 9.77. The molecule has 0 aliphatic carbocycles. The van der Waals surface area contributed by atoms with E-state index in [1.165, 1.54) is 0 Å². The van der Waals surface area contributed by atoms with Gasteiger partial charge in [-0.2, -0.15) is 0 Å². The van der Waals surface area contributed by atoms with E-state index in [9.17, 15) is 24.3 Å². The molecule has 214 valence electrons. The normalized spacial score (nSPS) is 13.7. The van der Waals surface area contributed by atoms with Gasteiger partial charge in [-0.3, -0.25) is 19.4 Å². The van der Waals surface area contributed by atoms with Crippen molar-refractivity contribution in [2.75, 3.05) is 42.9 Å². The molecule has 0 spiro atoms. The molecule has 1 aromatic heterocycles. The number of nitrogens with one attached hydrogen (secondary N) is 3. The number of carbonyl (C=O) groups is 4. The van der Waals surface area contributed by atoms with Gasteiger partial charge in [0.2, 0.25) is 0 Å². The minimum absolute atomic E-state index is 0.0880. The molecule has 1 saturated heterocycles. The summed E-state index contributed by atoms with van der Waals surface area (Å²) in [4.78, 5) is 58.0. The number of benzene rings is 2. The Morgan fingerprint density at radius 3 is 2.34 bits per heavy atom. The van der Waals surface area contributed by atoms with Crippen molar-refractivity contribution in [1.82, 2.24) is 20.5 Å². The number of carbonyl (C=O) groups excluding carboxylic acids is 3. The number of anilines is 2. The molecule has 4 N–H and O–H groups in total. The molecule has 0 radical (unpaired) electrons. The molecule has 1 fully saturated rings. The second kappa shape index (κ2) is 13.4. The van der Waals surface area contributed by atoms with Crippen molar-refractivity contribution < 1.29 is 24.3 Å². The van der Waals surface area contributed by atoms with Crippen LogP contribution in [0, 0.1) is 6.92 Å². The molecule has 0 bridgehead atoms. The van der Waals surface area contributed by atoms with Crippen LogP contribution in [0.1, 0.15) is 51.2 Å². The van der Waals surface area contributed by atoms with Crippen molar-refractivity contribution in [2.24, 2.45) is 0 Å². The largest absolute Gasteiger partial charge is 0.481 e. The Morgan fingerprint density at radius 1 is 0.976 bits per heavy atom. The summed E-state index contributed by atoms with van der Waals surface area (Å²) in [6.07, 6.45) is 2.89. The number of carboxylic acids is 1. The van der Waals surface area contributed by atoms with Crippen molar-refractivity contribution in [3.63, 3.8) is 0 Å². The number of amides is 4. The van der Waals surface area contributed by atoms with Gasteiger partial charge in [-0.05, 0) is 49.7 Å². The zero-order valence-corrected chi connectivity index (χ0v) is 23.1. The monoisotopic (exact) mass is 558 g/mol. The summed E-state index contributed by atoms with van der Waals surface area (Å²) < 4.78 is 0. The van der Waals surface area contributed by atoms with E-state index in [2.05, 4.69) is 25.8 Å². The van der Waals surface area contributed by atoms with Gasteiger partial charge in [-0.25, -0.2) is 4.79 Å². The van der Waals surface area contributed by atoms with E-state index in [4.69, 9.17) is 0 Å². The average Bonchev–Trinajstić information content (AvgIpc) is 2.97. The van der Waals surface area contributed by atoms with Crippen LogP contribution in [-0.4, -0.2) is 71.5 Å². The molecule has 3 aromatic rings. The smallest absolute Gasteiger partial charge is 0.319 e. The van der Waals surface area contributed by atoms with Crippen LogP contribution in [0.4, 0.5) is 16.2 Å². The first-order valence-corrected chi connectivity index (χ1v) is 13.5. The van der Waals surface area contributed by atoms with Gasteiger partial charge in [0.05, 0.1) is 29.4 Å². The lowest BCUT2D eigenvalue weighted by Gasteiger charge is -2.37. The molecule has 1 unspecified atom stereocenters. The maximum absolute atomic E-state index is 13.3. The van der Waals surface area contributed by atoms with Crippen LogP contribution in [-0.2, 0) is 4.79 Å². The first kappa shape index (κ1) is 29.1. The third-order valence-corrected chi connectivity index (χ3v) is 6.82. The zero-order chi connectivity index (χ0) is 29.4. The number of aliphatic carboxylic acids is 1. The van der Waals surface area contributed by atoms with Gasteiger partial charge in [0.25, 0.3) is 11.8 Å². The van der Waals surface area contributed by atoms with E-state index >= 15 is 0 Å². The first-order valence-electron chi connectivity index (χ1n) is 13.5. The van der Waals surface area contributed by atoms with Gasteiger partial charge in [0, 0.05) is 50.7 Å². The highest BCUT2D eigenvalue weighted by molar-refractivity contribution is 6.00. The van der Waals surface area contributed by atoms with E-state index in [0.717, 1.165) is 5.56 Å². The SMILES string of the molecule is CCNC(=O)Nc1cc(C(=O)NC(CC(=O)O)c2ccc(C)cc2)ccc1N1CCN(C(=O)c2cccnc2)CC1. The molecule has 4 rings (SSSR count). The highest BCUT2D eigenvalue weighted by Crippen LogP contribution is 2.29. The lowest BCUT2D eigenvalue weighted by molar-refractivity contribution is -0.137. The molecule has 11 nitrogen and oxygen atoms in total. The molecule has 1 aliphatic heterocycles. The summed E-state index contributed by atoms with van der Waals surface area (Å²) >= 11 is 0. The standard InChI is InChI=1S/C30H34N6O5/c1-3-32-30(41)34-25-17-22(28(39)33-24(18-27(37)38)21-8-6-20(2)7-9-21)10-11-26(25)35-13-15-36(16-14-35)29(40)23-5-4-12-31-19-23/h4-12,17,19,24H,3,13-16,18H2,1-2H3,(H,33,39)(H,37,38)(H2,32,34,41). The number of rotatable bonds is 9. The molecule has 1 atom stereocenters. The highest BCUT2D eigenvalue weighted by atomic mass is 16.4. The Kier molecular flexibility index (Phi) is 9.51. The van der Waals surface area contributed by atoms with Crippen molar-refractivity contribution in [3.8, 4) is 0 Å². The second-order valence-corrected chi connectivity index (χ2v) is 9.77. The molecule has 2 aromatic carbocycles. The number of pyridine rings is 1. The van der Waals surface area contributed by atoms with Gasteiger partial charge >= 0.3 is 12.0 Å². The molecular formula is C30H34N6O5. The van der Waals surface area contributed by atoms with E-state index in [1.54, 1.807) is 66.7 Å². The maximum atomic E-state index is 13.3. The topological polar surface area (TPSA) is 144 Å². The van der Waals surface area contributed by atoms with Crippen LogP contribution in [0.2, 0.25) is 0 Å². The quantitative estimate of drug-likeness (QED) is 0.315. The number of hydrogen-bond donors (Lipinski definition) is 4. The summed E-state index contributed by atoms with van der Waals surface area (Å²) in [7, 11) is 0. The van der Waals surface area contributed by atoms with Crippen LogP contribution >= 0.6 is 0 Å². The van der Waals surface area contributed by atoms with Gasteiger partial charge in [0.15, 0.2) is 0 Å². The summed E-state index contributed by atoms with van der Waals surface area (Å²) in [5, 5.41) is 17.8. The van der Waals surface area contributed by atoms with Gasteiger partial charge < -0.3 is 30.9 Å². The fourth-order valence-corrected chi connectivity index (χ4v) is 4.67. The Hall–Kier alpha value is -4.93. The zero-order valence-electron chi connectivity index (χ0n) is 23.1. The van der Waals surface area contributed by atoms with Gasteiger partial charge in [-0.15, -0.1) is 0 Å². The number of carboxylic acid groups (broad SMARTS) is 1. The molecular weight excluding hydrogens is 524 g/mol. The predicted octanol–water partition coefficient (Wildman–Crippen LogP) is 3.44. The lowest BCUT2D eigenvalue weighted by Crippen LogP contribution is -2.49. The van der Waals surface area contributed by atoms with Crippen molar-refractivity contribution >= 4 is 35.2 Å². The molecule has 41 heavy (non-hydrogen) atoms. The molecule has 0 saturated carbocycles. The minimum Gasteiger partial charge on any atom is -0.481 e. The van der Waals surface area contributed by atoms with Crippen LogP contribution in [0.5, 0.6) is 0 Å². The number of nitrogens with zero attached hydrogens (tertiary/aromatic N) is 3. The number of piperazine rings is 1. The first-order chi connectivity index (χ1) is 19.7. The number of aromatic nitrogens is 1. The summed E-state index contributed by atoms with van der Waals surface area (Å²) in [5.74, 6) is -1.59. The average molecular weight is 559 g/mol. The summed E-state index contributed by atoms with van der Waals surface area (Å²) in [5.41, 5.74) is 3.65. The highest BCUT2D eigenvalue weighted by Gasteiger charge is 2.25. The molecule has 4 amide bonds. The third kappa shape index (κ3) is 7.59. The molecule has 11 heteroatoms. The Bertz CT molecular complexity index is 1390. The fourth-order valence-electron chi connectivity index (χ4n) is 4.67. The van der Waals surface area contributed by atoms with Crippen LogP contribution in [0.15, 0.2) is 67.0 Å². The predicted molar refractivity (Wildman–Crippen MR) is 155 cm³/mol. The summed E-state index contributed by atoms with van der Waals surface area (Å²) in [6.45, 7) is 6.15. The van der Waals surface area contributed by atoms with Crippen molar-refractivity contribution in [1.29, 1.82) is 0 Å². The minimum atomic E-state index is -1.04. The lowest BCUT2D eigenvalue weighted by atomic mass is 10.0. The third-order valence-electron chi connectivity index (χ3n) is 6.82. The number of urea groups is 1. The van der Waals surface area contributed by atoms with Crippen LogP contribution < -0.4 is 20.9 Å². The van der Waals surface area contributed by atoms with E-state index < -0.39 is 23.9 Å². The Labute approximate surface area is 238 Å². The molecule has 1 aliphatic rings. The number of aryl methyl sites for hydroxylation is 1. The maximum Gasteiger partial charge on any atom is 0.319 e. The summed E-state index contributed by atoms with van der Waals surface area (Å²) in [6, 6.07) is 14.6. The Balaban J connectivity index is 1.53.